The van der Waals surface area contributed by atoms with Crippen LogP contribution in [0, 0.1) is 13.8 Å². The summed E-state index contributed by atoms with van der Waals surface area (Å²) in [7, 11) is 0. The van der Waals surface area contributed by atoms with Gasteiger partial charge in [-0.3, -0.25) is 4.79 Å². The molecule has 2 unspecified atom stereocenters. The fraction of sp³-hybridized carbons (Fsp3) is 0.533. The van der Waals surface area contributed by atoms with Gasteiger partial charge in [0.1, 0.15) is 6.04 Å². The Kier molecular flexibility index (Phi) is 4.22. The highest BCUT2D eigenvalue weighted by Crippen LogP contribution is 2.27. The number of aliphatic hydroxyl groups is 1. The smallest absolute Gasteiger partial charge is 0.246 e. The molecule has 1 saturated heterocycles. The molecule has 4 nitrogen and oxygen atoms in total. The quantitative estimate of drug-likeness (QED) is 0.846. The van der Waals surface area contributed by atoms with Gasteiger partial charge < -0.3 is 15.3 Å². The van der Waals surface area contributed by atoms with Crippen molar-refractivity contribution in [3.63, 3.8) is 0 Å². The van der Waals surface area contributed by atoms with Gasteiger partial charge in [-0.25, -0.2) is 0 Å². The standard InChI is InChI=1S/C15H22N2O2/c1-10-5-4-6-14(12(10)3)17-11(2)7-8-16-13(9-18)15(17)19/h4-6,11,13,16,18H,7-9H2,1-3H3. The Hall–Kier alpha value is -1.39. The molecule has 1 aliphatic heterocycles. The van der Waals surface area contributed by atoms with Crippen LogP contribution in [0.1, 0.15) is 24.5 Å². The lowest BCUT2D eigenvalue weighted by atomic mass is 10.0. The molecular formula is C15H22N2O2. The monoisotopic (exact) mass is 262 g/mol. The van der Waals surface area contributed by atoms with E-state index in [2.05, 4.69) is 12.2 Å². The van der Waals surface area contributed by atoms with Gasteiger partial charge in [-0.05, 0) is 50.9 Å². The minimum atomic E-state index is -0.495. The molecule has 2 rings (SSSR count). The van der Waals surface area contributed by atoms with Gasteiger partial charge in [-0.1, -0.05) is 12.1 Å². The summed E-state index contributed by atoms with van der Waals surface area (Å²) in [4.78, 5) is 14.4. The summed E-state index contributed by atoms with van der Waals surface area (Å²) in [6.07, 6.45) is 0.885. The molecule has 1 fully saturated rings. The lowest BCUT2D eigenvalue weighted by Crippen LogP contribution is -2.48. The van der Waals surface area contributed by atoms with Crippen molar-refractivity contribution in [2.24, 2.45) is 0 Å². The molecule has 2 N–H and O–H groups in total. The number of aliphatic hydroxyl groups excluding tert-OH is 1. The number of carbonyl (C=O) groups is 1. The number of aryl methyl sites for hydroxylation is 1. The van der Waals surface area contributed by atoms with E-state index in [4.69, 9.17) is 0 Å². The lowest BCUT2D eigenvalue weighted by Gasteiger charge is -2.30. The highest BCUT2D eigenvalue weighted by atomic mass is 16.3. The van der Waals surface area contributed by atoms with Crippen LogP contribution in [0.5, 0.6) is 0 Å². The van der Waals surface area contributed by atoms with Gasteiger partial charge in [0.15, 0.2) is 0 Å². The zero-order valence-electron chi connectivity index (χ0n) is 11.8. The first-order valence-corrected chi connectivity index (χ1v) is 6.79. The minimum Gasteiger partial charge on any atom is -0.394 e. The molecule has 4 heteroatoms. The molecule has 0 bridgehead atoms. The van der Waals surface area contributed by atoms with Crippen molar-refractivity contribution >= 4 is 11.6 Å². The number of nitrogens with one attached hydrogen (secondary N) is 1. The van der Waals surface area contributed by atoms with E-state index in [9.17, 15) is 9.90 Å². The molecule has 2 atom stereocenters. The van der Waals surface area contributed by atoms with E-state index in [1.54, 1.807) is 0 Å². The molecule has 0 radical (unpaired) electrons. The Morgan fingerprint density at radius 2 is 2.16 bits per heavy atom. The summed E-state index contributed by atoms with van der Waals surface area (Å²) >= 11 is 0. The molecule has 1 heterocycles. The first-order chi connectivity index (χ1) is 9.06. The average molecular weight is 262 g/mol. The Balaban J connectivity index is 2.43. The molecule has 1 aromatic carbocycles. The van der Waals surface area contributed by atoms with Crippen LogP contribution in [-0.4, -0.2) is 36.2 Å². The van der Waals surface area contributed by atoms with Gasteiger partial charge in [-0.15, -0.1) is 0 Å². The molecule has 0 saturated carbocycles. The fourth-order valence-electron chi connectivity index (χ4n) is 2.56. The number of carbonyl (C=O) groups excluding carboxylic acids is 1. The summed E-state index contributed by atoms with van der Waals surface area (Å²) in [5.41, 5.74) is 3.26. The van der Waals surface area contributed by atoms with E-state index < -0.39 is 6.04 Å². The summed E-state index contributed by atoms with van der Waals surface area (Å²) in [5, 5.41) is 12.5. The minimum absolute atomic E-state index is 0.0406. The number of nitrogens with zero attached hydrogens (tertiary/aromatic N) is 1. The molecule has 0 aromatic heterocycles. The number of anilines is 1. The second-order valence-electron chi connectivity index (χ2n) is 5.25. The van der Waals surface area contributed by atoms with Gasteiger partial charge in [0.25, 0.3) is 0 Å². The Labute approximate surface area is 114 Å². The maximum absolute atomic E-state index is 12.6. The zero-order valence-corrected chi connectivity index (χ0v) is 11.8. The van der Waals surface area contributed by atoms with Crippen molar-refractivity contribution in [1.82, 2.24) is 5.32 Å². The normalized spacial score (nSPS) is 24.4. The van der Waals surface area contributed by atoms with E-state index in [1.807, 2.05) is 36.9 Å². The van der Waals surface area contributed by atoms with Gasteiger partial charge in [-0.2, -0.15) is 0 Å². The van der Waals surface area contributed by atoms with Crippen molar-refractivity contribution in [3.8, 4) is 0 Å². The third-order valence-electron chi connectivity index (χ3n) is 3.95. The van der Waals surface area contributed by atoms with Crippen LogP contribution in [0.4, 0.5) is 5.69 Å². The van der Waals surface area contributed by atoms with Crippen molar-refractivity contribution in [2.75, 3.05) is 18.1 Å². The van der Waals surface area contributed by atoms with Gasteiger partial charge in [0, 0.05) is 11.7 Å². The van der Waals surface area contributed by atoms with E-state index in [0.717, 1.165) is 24.2 Å². The average Bonchev–Trinajstić information content (AvgIpc) is 2.52. The highest BCUT2D eigenvalue weighted by Gasteiger charge is 2.31. The third kappa shape index (κ3) is 2.65. The predicted octanol–water partition coefficient (Wildman–Crippen LogP) is 1.38. The topological polar surface area (TPSA) is 52.6 Å². The number of hydrogen-bond acceptors (Lipinski definition) is 3. The van der Waals surface area contributed by atoms with Crippen LogP contribution in [0.2, 0.25) is 0 Å². The molecule has 0 aliphatic carbocycles. The van der Waals surface area contributed by atoms with Crippen LogP contribution >= 0.6 is 0 Å². The number of amides is 1. The van der Waals surface area contributed by atoms with Gasteiger partial charge >= 0.3 is 0 Å². The molecular weight excluding hydrogens is 240 g/mol. The van der Waals surface area contributed by atoms with Crippen LogP contribution in [0.3, 0.4) is 0 Å². The number of benzene rings is 1. The first kappa shape index (κ1) is 14.0. The molecule has 0 spiro atoms. The van der Waals surface area contributed by atoms with E-state index in [1.165, 1.54) is 5.56 Å². The predicted molar refractivity (Wildman–Crippen MR) is 76.4 cm³/mol. The van der Waals surface area contributed by atoms with Crippen LogP contribution in [-0.2, 0) is 4.79 Å². The number of rotatable bonds is 2. The highest BCUT2D eigenvalue weighted by molar-refractivity contribution is 5.98. The Morgan fingerprint density at radius 1 is 1.42 bits per heavy atom. The van der Waals surface area contributed by atoms with Crippen molar-refractivity contribution in [2.45, 2.75) is 39.3 Å². The second-order valence-corrected chi connectivity index (χ2v) is 5.25. The molecule has 104 valence electrons. The molecule has 1 amide bonds. The van der Waals surface area contributed by atoms with Crippen molar-refractivity contribution in [1.29, 1.82) is 0 Å². The van der Waals surface area contributed by atoms with E-state index in [0.29, 0.717) is 0 Å². The first-order valence-electron chi connectivity index (χ1n) is 6.79. The molecule has 1 aliphatic rings. The Bertz CT molecular complexity index is 473. The third-order valence-corrected chi connectivity index (χ3v) is 3.95. The van der Waals surface area contributed by atoms with Crippen molar-refractivity contribution in [3.05, 3.63) is 29.3 Å². The molecule has 1 aromatic rings. The Morgan fingerprint density at radius 3 is 2.84 bits per heavy atom. The second kappa shape index (κ2) is 5.72. The van der Waals surface area contributed by atoms with Crippen LogP contribution in [0.15, 0.2) is 18.2 Å². The fourth-order valence-corrected chi connectivity index (χ4v) is 2.56. The largest absolute Gasteiger partial charge is 0.394 e. The zero-order chi connectivity index (χ0) is 14.0. The van der Waals surface area contributed by atoms with E-state index in [-0.39, 0.29) is 18.6 Å². The summed E-state index contributed by atoms with van der Waals surface area (Å²) in [6.45, 7) is 6.73. The summed E-state index contributed by atoms with van der Waals surface area (Å²) in [5.74, 6) is -0.0406. The van der Waals surface area contributed by atoms with Gasteiger partial charge in [0.2, 0.25) is 5.91 Å². The molecule has 19 heavy (non-hydrogen) atoms. The number of hydrogen-bond donors (Lipinski definition) is 2. The maximum Gasteiger partial charge on any atom is 0.246 e. The van der Waals surface area contributed by atoms with E-state index >= 15 is 0 Å². The summed E-state index contributed by atoms with van der Waals surface area (Å²) in [6, 6.07) is 5.65. The van der Waals surface area contributed by atoms with Crippen LogP contribution in [0.25, 0.3) is 0 Å². The van der Waals surface area contributed by atoms with Crippen LogP contribution < -0.4 is 10.2 Å². The van der Waals surface area contributed by atoms with Gasteiger partial charge in [0.05, 0.1) is 6.61 Å². The van der Waals surface area contributed by atoms with Crippen molar-refractivity contribution < 1.29 is 9.90 Å². The summed E-state index contributed by atoms with van der Waals surface area (Å²) < 4.78 is 0. The maximum atomic E-state index is 12.6. The lowest BCUT2D eigenvalue weighted by molar-refractivity contribution is -0.121. The SMILES string of the molecule is Cc1cccc(N2C(=O)C(CO)NCCC2C)c1C.